The molecule has 53 valence electrons. The van der Waals surface area contributed by atoms with Crippen LogP contribution in [-0.2, 0) is 4.79 Å². The highest BCUT2D eigenvalue weighted by Crippen LogP contribution is 2.01. The van der Waals surface area contributed by atoms with Crippen LogP contribution in [0.4, 0.5) is 0 Å². The first-order valence-corrected chi connectivity index (χ1v) is 3.05. The van der Waals surface area contributed by atoms with E-state index in [-0.39, 0.29) is 0 Å². The van der Waals surface area contributed by atoms with Gasteiger partial charge in [0.15, 0.2) is 0 Å². The van der Waals surface area contributed by atoms with Gasteiger partial charge in [-0.1, -0.05) is 13.8 Å². The summed E-state index contributed by atoms with van der Waals surface area (Å²) < 4.78 is 0. The Morgan fingerprint density at radius 3 is 2.22 bits per heavy atom. The van der Waals surface area contributed by atoms with Gasteiger partial charge in [-0.05, 0) is 12.3 Å². The van der Waals surface area contributed by atoms with Crippen molar-refractivity contribution >= 4 is 5.91 Å². The third-order valence-electron chi connectivity index (χ3n) is 1.06. The number of hydrogen-bond acceptors (Lipinski definition) is 2. The fourth-order valence-corrected chi connectivity index (χ4v) is 0.615. The molecular weight excluding hydrogens is 116 g/mol. The maximum Gasteiger partial charge on any atom is 0.255 e. The van der Waals surface area contributed by atoms with E-state index in [4.69, 9.17) is 11.5 Å². The zero-order valence-electron chi connectivity index (χ0n) is 5.85. The Morgan fingerprint density at radius 1 is 1.67 bits per heavy atom. The zero-order chi connectivity index (χ0) is 7.44. The molecule has 3 heteroatoms. The van der Waals surface area contributed by atoms with E-state index in [2.05, 4.69) is 0 Å². The van der Waals surface area contributed by atoms with E-state index >= 15 is 0 Å². The van der Waals surface area contributed by atoms with Gasteiger partial charge in [0.1, 0.15) is 0 Å². The molecule has 9 heavy (non-hydrogen) atoms. The highest BCUT2D eigenvalue weighted by molar-refractivity contribution is 5.78. The fraction of sp³-hybridized carbons (Fsp3) is 0.833. The molecule has 0 aliphatic rings. The molecule has 1 amide bonds. The molecule has 0 fully saturated rings. The van der Waals surface area contributed by atoms with Gasteiger partial charge >= 0.3 is 0 Å². The summed E-state index contributed by atoms with van der Waals surface area (Å²) >= 11 is 0. The van der Waals surface area contributed by atoms with Gasteiger partial charge in [0, 0.05) is 0 Å². The van der Waals surface area contributed by atoms with Crippen molar-refractivity contribution in [3.8, 4) is 0 Å². The van der Waals surface area contributed by atoms with Gasteiger partial charge in [-0.25, -0.2) is 0 Å². The SMILES string of the molecule is CC(C)C[C@H](N)C([NH])=O. The third-order valence-corrected chi connectivity index (χ3v) is 1.06. The molecule has 1 atom stereocenters. The zero-order valence-corrected chi connectivity index (χ0v) is 5.85. The Kier molecular flexibility index (Phi) is 3.24. The summed E-state index contributed by atoms with van der Waals surface area (Å²) in [7, 11) is 0. The van der Waals surface area contributed by atoms with Crippen LogP contribution in [0.15, 0.2) is 0 Å². The maximum atomic E-state index is 10.2. The molecule has 0 heterocycles. The maximum absolute atomic E-state index is 10.2. The van der Waals surface area contributed by atoms with Crippen LogP contribution in [0.3, 0.4) is 0 Å². The minimum atomic E-state index is -0.663. The third kappa shape index (κ3) is 3.97. The molecule has 0 spiro atoms. The van der Waals surface area contributed by atoms with Crippen molar-refractivity contribution in [3.63, 3.8) is 0 Å². The average Bonchev–Trinajstić information content (AvgIpc) is 1.63. The van der Waals surface area contributed by atoms with Crippen molar-refractivity contribution in [1.82, 2.24) is 5.73 Å². The molecule has 0 saturated carbocycles. The topological polar surface area (TPSA) is 66.9 Å². The smallest absolute Gasteiger partial charge is 0.255 e. The summed E-state index contributed by atoms with van der Waals surface area (Å²) in [6.07, 6.45) is 0.613. The molecular formula is C6H13N2O. The first-order chi connectivity index (χ1) is 4.04. The lowest BCUT2D eigenvalue weighted by atomic mass is 10.0. The molecule has 0 saturated heterocycles. The molecule has 3 nitrogen and oxygen atoms in total. The summed E-state index contributed by atoms with van der Waals surface area (Å²) in [5.74, 6) is -0.266. The number of rotatable bonds is 3. The molecule has 0 rings (SSSR count). The van der Waals surface area contributed by atoms with Crippen molar-refractivity contribution < 1.29 is 4.79 Å². The number of nitrogens with two attached hydrogens (primary N) is 1. The lowest BCUT2D eigenvalue weighted by Gasteiger charge is -2.07. The number of nitrogens with one attached hydrogen (secondary N) is 1. The molecule has 0 aromatic heterocycles. The molecule has 0 unspecified atom stereocenters. The Balaban J connectivity index is 3.50. The van der Waals surface area contributed by atoms with E-state index in [9.17, 15) is 4.79 Å². The Morgan fingerprint density at radius 2 is 2.11 bits per heavy atom. The van der Waals surface area contributed by atoms with E-state index in [0.717, 1.165) is 0 Å². The van der Waals surface area contributed by atoms with Gasteiger partial charge in [-0.15, -0.1) is 0 Å². The van der Waals surface area contributed by atoms with Gasteiger partial charge < -0.3 is 5.73 Å². The normalized spacial score (nSPS) is 13.8. The summed E-state index contributed by atoms with van der Waals surface area (Å²) in [6.45, 7) is 3.95. The predicted octanol–water partition coefficient (Wildman–Crippen LogP) is 0.169. The minimum absolute atomic E-state index is 0.397. The van der Waals surface area contributed by atoms with Crippen LogP contribution >= 0.6 is 0 Å². The van der Waals surface area contributed by atoms with Gasteiger partial charge in [-0.3, -0.25) is 10.5 Å². The summed E-state index contributed by atoms with van der Waals surface area (Å²) in [5, 5.41) is 0. The number of hydrogen-bond donors (Lipinski definition) is 1. The molecule has 0 aromatic rings. The van der Waals surface area contributed by atoms with Crippen molar-refractivity contribution in [1.29, 1.82) is 0 Å². The van der Waals surface area contributed by atoms with E-state index in [0.29, 0.717) is 12.3 Å². The second kappa shape index (κ2) is 3.45. The lowest BCUT2D eigenvalue weighted by Crippen LogP contribution is -2.32. The first-order valence-electron chi connectivity index (χ1n) is 3.05. The van der Waals surface area contributed by atoms with Gasteiger partial charge in [0.25, 0.3) is 5.91 Å². The lowest BCUT2D eigenvalue weighted by molar-refractivity contribution is -0.120. The average molecular weight is 129 g/mol. The van der Waals surface area contributed by atoms with Crippen LogP contribution in [0.1, 0.15) is 20.3 Å². The summed E-state index contributed by atoms with van der Waals surface area (Å²) in [6, 6.07) is -0.579. The van der Waals surface area contributed by atoms with E-state index in [1.807, 2.05) is 13.8 Å². The molecule has 3 N–H and O–H groups in total. The van der Waals surface area contributed by atoms with E-state index < -0.39 is 11.9 Å². The number of carbonyl (C=O) groups excluding carboxylic acids is 1. The van der Waals surface area contributed by atoms with Crippen LogP contribution in [0.25, 0.3) is 0 Å². The van der Waals surface area contributed by atoms with Crippen LogP contribution in [0, 0.1) is 5.92 Å². The Bertz CT molecular complexity index is 101. The van der Waals surface area contributed by atoms with Crippen LogP contribution in [0.5, 0.6) is 0 Å². The minimum Gasteiger partial charge on any atom is -0.320 e. The first kappa shape index (κ1) is 8.43. The molecule has 0 aliphatic carbocycles. The summed E-state index contributed by atoms with van der Waals surface area (Å²) in [4.78, 5) is 10.2. The highest BCUT2D eigenvalue weighted by Gasteiger charge is 2.10. The number of amides is 1. The Labute approximate surface area is 55.4 Å². The van der Waals surface area contributed by atoms with Crippen LogP contribution < -0.4 is 11.5 Å². The second-order valence-electron chi connectivity index (χ2n) is 2.60. The fourth-order valence-electron chi connectivity index (χ4n) is 0.615. The quantitative estimate of drug-likeness (QED) is 0.590. The number of carbonyl (C=O) groups is 1. The predicted molar refractivity (Wildman–Crippen MR) is 35.5 cm³/mol. The Hall–Kier alpha value is -0.570. The van der Waals surface area contributed by atoms with E-state index in [1.54, 1.807) is 0 Å². The van der Waals surface area contributed by atoms with Crippen molar-refractivity contribution in [2.24, 2.45) is 11.7 Å². The molecule has 0 aliphatic heterocycles. The van der Waals surface area contributed by atoms with Crippen LogP contribution in [0.2, 0.25) is 0 Å². The largest absolute Gasteiger partial charge is 0.320 e. The second-order valence-corrected chi connectivity index (χ2v) is 2.60. The summed E-state index contributed by atoms with van der Waals surface area (Å²) in [5.41, 5.74) is 11.9. The van der Waals surface area contributed by atoms with Crippen molar-refractivity contribution in [3.05, 3.63) is 0 Å². The van der Waals surface area contributed by atoms with Gasteiger partial charge in [0.2, 0.25) is 0 Å². The van der Waals surface area contributed by atoms with Crippen molar-refractivity contribution in [2.45, 2.75) is 26.3 Å². The molecule has 1 radical (unpaired) electrons. The van der Waals surface area contributed by atoms with E-state index in [1.165, 1.54) is 0 Å². The van der Waals surface area contributed by atoms with Crippen LogP contribution in [-0.4, -0.2) is 11.9 Å². The monoisotopic (exact) mass is 129 g/mol. The molecule has 0 bridgehead atoms. The molecule has 0 aromatic carbocycles. The standard InChI is InChI=1S/C6H13N2O/c1-4(2)3-5(7)6(8)9/h4-5,8H,3,7H2,1-2H3/t5-/m0/s1. The van der Waals surface area contributed by atoms with Gasteiger partial charge in [0.05, 0.1) is 6.04 Å². The van der Waals surface area contributed by atoms with Crippen molar-refractivity contribution in [2.75, 3.05) is 0 Å². The van der Waals surface area contributed by atoms with Gasteiger partial charge in [-0.2, -0.15) is 0 Å². The highest BCUT2D eigenvalue weighted by atomic mass is 16.1.